The number of hydrogen-bond acceptors (Lipinski definition) is 6. The molecule has 0 aliphatic heterocycles. The summed E-state index contributed by atoms with van der Waals surface area (Å²) in [5, 5.41) is 8.28. The molecule has 0 aromatic rings. The van der Waals surface area contributed by atoms with Crippen LogP contribution in [-0.4, -0.2) is 31.0 Å². The van der Waals surface area contributed by atoms with Crippen LogP contribution in [0.2, 0.25) is 0 Å². The third-order valence-electron chi connectivity index (χ3n) is 1.48. The Kier molecular flexibility index (Phi) is 6.82. The molecule has 0 heterocycles. The SMILES string of the molecule is CN(CCC#N)CCC(=O)ONN. The molecule has 3 N–H and O–H groups in total. The standard InChI is InChI=1S/C7H14N4O2/c1-11(5-2-4-8)6-3-7(12)13-10-9/h10H,2-3,5-6,9H2,1H3. The highest BCUT2D eigenvalue weighted by molar-refractivity contribution is 5.69. The lowest BCUT2D eigenvalue weighted by Crippen LogP contribution is -2.29. The predicted molar refractivity (Wildman–Crippen MR) is 45.8 cm³/mol. The van der Waals surface area contributed by atoms with Gasteiger partial charge in [-0.25, -0.2) is 5.84 Å². The molecular weight excluding hydrogens is 172 g/mol. The van der Waals surface area contributed by atoms with Gasteiger partial charge in [0, 0.05) is 19.5 Å². The first kappa shape index (κ1) is 11.8. The van der Waals surface area contributed by atoms with Crippen molar-refractivity contribution in [1.29, 1.82) is 5.26 Å². The van der Waals surface area contributed by atoms with E-state index >= 15 is 0 Å². The first-order valence-corrected chi connectivity index (χ1v) is 3.91. The van der Waals surface area contributed by atoms with Crippen molar-refractivity contribution in [2.45, 2.75) is 12.8 Å². The minimum Gasteiger partial charge on any atom is -0.356 e. The van der Waals surface area contributed by atoms with Gasteiger partial charge in [-0.1, -0.05) is 5.59 Å². The van der Waals surface area contributed by atoms with Gasteiger partial charge in [0.05, 0.1) is 12.5 Å². The second-order valence-corrected chi connectivity index (χ2v) is 2.55. The lowest BCUT2D eigenvalue weighted by atomic mass is 10.3. The second-order valence-electron chi connectivity index (χ2n) is 2.55. The highest BCUT2D eigenvalue weighted by atomic mass is 16.7. The number of hydrogen-bond donors (Lipinski definition) is 2. The van der Waals surface area contributed by atoms with E-state index in [0.717, 1.165) is 0 Å². The number of rotatable bonds is 6. The molecule has 0 saturated heterocycles. The zero-order valence-corrected chi connectivity index (χ0v) is 7.62. The Balaban J connectivity index is 3.41. The minimum absolute atomic E-state index is 0.256. The lowest BCUT2D eigenvalue weighted by Gasteiger charge is -2.13. The zero-order valence-electron chi connectivity index (χ0n) is 7.62. The smallest absolute Gasteiger partial charge is 0.327 e. The molecule has 0 radical (unpaired) electrons. The molecular formula is C7H14N4O2. The van der Waals surface area contributed by atoms with Crippen LogP contribution in [0.1, 0.15) is 12.8 Å². The molecule has 0 saturated carbocycles. The number of nitrogens with two attached hydrogens (primary N) is 1. The number of nitrogens with one attached hydrogen (secondary N) is 1. The van der Waals surface area contributed by atoms with Gasteiger partial charge in [0.1, 0.15) is 0 Å². The van der Waals surface area contributed by atoms with Crippen molar-refractivity contribution >= 4 is 5.97 Å². The third kappa shape index (κ3) is 7.21. The highest BCUT2D eigenvalue weighted by Gasteiger charge is 2.04. The average molecular weight is 186 g/mol. The normalized spacial score (nSPS) is 9.69. The molecule has 0 aliphatic rings. The maximum Gasteiger partial charge on any atom is 0.327 e. The largest absolute Gasteiger partial charge is 0.356 e. The molecule has 13 heavy (non-hydrogen) atoms. The molecule has 0 unspecified atom stereocenters. The monoisotopic (exact) mass is 186 g/mol. The van der Waals surface area contributed by atoms with Crippen LogP contribution < -0.4 is 11.4 Å². The van der Waals surface area contributed by atoms with Crippen LogP contribution in [0.5, 0.6) is 0 Å². The molecule has 0 bridgehead atoms. The third-order valence-corrected chi connectivity index (χ3v) is 1.48. The van der Waals surface area contributed by atoms with Crippen molar-refractivity contribution in [1.82, 2.24) is 10.5 Å². The van der Waals surface area contributed by atoms with Gasteiger partial charge >= 0.3 is 5.97 Å². The van der Waals surface area contributed by atoms with Gasteiger partial charge in [-0.3, -0.25) is 4.79 Å². The fraction of sp³-hybridized carbons (Fsp3) is 0.714. The van der Waals surface area contributed by atoms with Crippen molar-refractivity contribution < 1.29 is 9.63 Å². The Morgan fingerprint density at radius 2 is 2.38 bits per heavy atom. The Morgan fingerprint density at radius 1 is 1.69 bits per heavy atom. The summed E-state index contributed by atoms with van der Waals surface area (Å²) in [6.07, 6.45) is 0.715. The summed E-state index contributed by atoms with van der Waals surface area (Å²) in [6, 6.07) is 2.02. The van der Waals surface area contributed by atoms with Crippen molar-refractivity contribution in [3.8, 4) is 6.07 Å². The topological polar surface area (TPSA) is 91.4 Å². The fourth-order valence-electron chi connectivity index (χ4n) is 0.752. The van der Waals surface area contributed by atoms with Crippen molar-refractivity contribution in [2.24, 2.45) is 5.84 Å². The first-order valence-electron chi connectivity index (χ1n) is 3.91. The van der Waals surface area contributed by atoms with E-state index in [-0.39, 0.29) is 6.42 Å². The Labute approximate surface area is 77.2 Å². The van der Waals surface area contributed by atoms with Crippen LogP contribution in [0.15, 0.2) is 0 Å². The van der Waals surface area contributed by atoms with Gasteiger partial charge in [-0.2, -0.15) is 5.26 Å². The molecule has 0 fully saturated rings. The van der Waals surface area contributed by atoms with Gasteiger partial charge in [0.2, 0.25) is 0 Å². The summed E-state index contributed by atoms with van der Waals surface area (Å²) < 4.78 is 0. The number of carbonyl (C=O) groups excluding carboxylic acids is 1. The van der Waals surface area contributed by atoms with E-state index in [1.54, 1.807) is 0 Å². The molecule has 0 atom stereocenters. The second kappa shape index (κ2) is 7.49. The first-order chi connectivity index (χ1) is 6.20. The summed E-state index contributed by atoms with van der Waals surface area (Å²) in [7, 11) is 1.83. The molecule has 6 heteroatoms. The van der Waals surface area contributed by atoms with Gasteiger partial charge in [-0.05, 0) is 7.05 Å². The van der Waals surface area contributed by atoms with E-state index in [2.05, 4.69) is 4.84 Å². The summed E-state index contributed by atoms with van der Waals surface area (Å²) in [6.45, 7) is 1.21. The lowest BCUT2D eigenvalue weighted by molar-refractivity contribution is -0.151. The van der Waals surface area contributed by atoms with Crippen LogP contribution in [0.3, 0.4) is 0 Å². The number of carbonyl (C=O) groups is 1. The van der Waals surface area contributed by atoms with Crippen molar-refractivity contribution in [2.75, 3.05) is 20.1 Å². The summed E-state index contributed by atoms with van der Waals surface area (Å²) >= 11 is 0. The van der Waals surface area contributed by atoms with Crippen molar-refractivity contribution in [3.63, 3.8) is 0 Å². The number of hydrazine groups is 1. The molecule has 0 aliphatic carbocycles. The van der Waals surface area contributed by atoms with Crippen LogP contribution in [0, 0.1) is 11.3 Å². The maximum absolute atomic E-state index is 10.8. The number of nitrogens with zero attached hydrogens (tertiary/aromatic N) is 2. The van der Waals surface area contributed by atoms with Crippen LogP contribution in [0.4, 0.5) is 0 Å². The summed E-state index contributed by atoms with van der Waals surface area (Å²) in [5.41, 5.74) is 1.81. The van der Waals surface area contributed by atoms with Gasteiger partial charge in [0.15, 0.2) is 0 Å². The molecule has 0 rings (SSSR count). The molecule has 0 aromatic carbocycles. The predicted octanol–water partition coefficient (Wildman–Crippen LogP) is -0.857. The quantitative estimate of drug-likeness (QED) is 0.414. The Morgan fingerprint density at radius 3 is 2.92 bits per heavy atom. The van der Waals surface area contributed by atoms with E-state index in [1.165, 1.54) is 0 Å². The van der Waals surface area contributed by atoms with Crippen LogP contribution >= 0.6 is 0 Å². The van der Waals surface area contributed by atoms with E-state index in [0.29, 0.717) is 19.5 Å². The minimum atomic E-state index is -0.411. The van der Waals surface area contributed by atoms with Gasteiger partial charge in [-0.15, -0.1) is 0 Å². The molecule has 0 amide bonds. The van der Waals surface area contributed by atoms with E-state index < -0.39 is 5.97 Å². The van der Waals surface area contributed by atoms with Crippen LogP contribution in [-0.2, 0) is 9.63 Å². The molecule has 0 spiro atoms. The van der Waals surface area contributed by atoms with E-state index in [1.807, 2.05) is 23.6 Å². The maximum atomic E-state index is 10.8. The van der Waals surface area contributed by atoms with E-state index in [4.69, 9.17) is 11.1 Å². The molecule has 74 valence electrons. The summed E-state index contributed by atoms with van der Waals surface area (Å²) in [4.78, 5) is 16.9. The van der Waals surface area contributed by atoms with E-state index in [9.17, 15) is 4.79 Å². The summed E-state index contributed by atoms with van der Waals surface area (Å²) in [5.74, 6) is 4.36. The zero-order chi connectivity index (χ0) is 10.1. The Hall–Kier alpha value is -1.16. The van der Waals surface area contributed by atoms with Crippen LogP contribution in [0.25, 0.3) is 0 Å². The Bertz CT molecular complexity index is 189. The highest BCUT2D eigenvalue weighted by Crippen LogP contribution is 1.90. The van der Waals surface area contributed by atoms with Gasteiger partial charge in [0.25, 0.3) is 0 Å². The molecule has 0 aromatic heterocycles. The fourth-order valence-corrected chi connectivity index (χ4v) is 0.752. The average Bonchev–Trinajstić information content (AvgIpc) is 2.12. The molecule has 6 nitrogen and oxygen atoms in total. The number of nitriles is 1. The van der Waals surface area contributed by atoms with Gasteiger partial charge < -0.3 is 9.74 Å². The van der Waals surface area contributed by atoms with Crippen molar-refractivity contribution in [3.05, 3.63) is 0 Å².